The number of nitro groups is 1. The van der Waals surface area contributed by atoms with Gasteiger partial charge in [-0.1, -0.05) is 26.0 Å². The molecule has 1 aromatic rings. The van der Waals surface area contributed by atoms with Gasteiger partial charge in [0.05, 0.1) is 11.5 Å². The third kappa shape index (κ3) is 5.94. The lowest BCUT2D eigenvalue weighted by atomic mass is 10.1. The molecule has 1 saturated heterocycles. The minimum atomic E-state index is -0.406. The second-order valence-corrected chi connectivity index (χ2v) is 7.33. The standard InChI is InChI=1S/C19H29N5O3/c1-14(2)18(25)22-9-11-23(12-10-22)19(21-15(3)4)20-13-16-5-7-17(8-6-16)24(26)27/h5-8,14-15H,9-13H2,1-4H3,(H,20,21). The number of benzene rings is 1. The second kappa shape index (κ2) is 9.34. The van der Waals surface area contributed by atoms with Crippen molar-refractivity contribution in [3.63, 3.8) is 0 Å². The summed E-state index contributed by atoms with van der Waals surface area (Å²) in [7, 11) is 0. The maximum Gasteiger partial charge on any atom is 0.269 e. The Bertz CT molecular complexity index is 677. The van der Waals surface area contributed by atoms with Crippen LogP contribution < -0.4 is 5.32 Å². The first-order valence-corrected chi connectivity index (χ1v) is 9.36. The van der Waals surface area contributed by atoms with Crippen molar-refractivity contribution >= 4 is 17.6 Å². The van der Waals surface area contributed by atoms with E-state index >= 15 is 0 Å². The van der Waals surface area contributed by atoms with Gasteiger partial charge in [-0.15, -0.1) is 0 Å². The Labute approximate surface area is 160 Å². The van der Waals surface area contributed by atoms with Crippen molar-refractivity contribution < 1.29 is 9.72 Å². The highest BCUT2D eigenvalue weighted by atomic mass is 16.6. The van der Waals surface area contributed by atoms with E-state index in [9.17, 15) is 14.9 Å². The van der Waals surface area contributed by atoms with Crippen molar-refractivity contribution in [1.29, 1.82) is 0 Å². The lowest BCUT2D eigenvalue weighted by Crippen LogP contribution is -2.55. The highest BCUT2D eigenvalue weighted by molar-refractivity contribution is 5.81. The normalized spacial score (nSPS) is 15.4. The van der Waals surface area contributed by atoms with Crippen LogP contribution in [-0.4, -0.2) is 58.8 Å². The average Bonchev–Trinajstić information content (AvgIpc) is 2.64. The molecule has 1 aliphatic rings. The minimum Gasteiger partial charge on any atom is -0.354 e. The van der Waals surface area contributed by atoms with E-state index in [1.54, 1.807) is 12.1 Å². The lowest BCUT2D eigenvalue weighted by molar-refractivity contribution is -0.384. The van der Waals surface area contributed by atoms with Gasteiger partial charge in [-0.05, 0) is 19.4 Å². The zero-order valence-corrected chi connectivity index (χ0v) is 16.5. The molecule has 0 atom stereocenters. The van der Waals surface area contributed by atoms with Crippen LogP contribution in [0.15, 0.2) is 29.3 Å². The molecular weight excluding hydrogens is 346 g/mol. The van der Waals surface area contributed by atoms with Gasteiger partial charge in [0.1, 0.15) is 0 Å². The maximum absolute atomic E-state index is 12.2. The van der Waals surface area contributed by atoms with E-state index in [1.807, 2.05) is 18.7 Å². The van der Waals surface area contributed by atoms with Crippen molar-refractivity contribution in [2.24, 2.45) is 10.9 Å². The van der Waals surface area contributed by atoms with Crippen LogP contribution >= 0.6 is 0 Å². The Balaban J connectivity index is 2.03. The van der Waals surface area contributed by atoms with Crippen LogP contribution in [0.2, 0.25) is 0 Å². The molecule has 1 N–H and O–H groups in total. The monoisotopic (exact) mass is 375 g/mol. The van der Waals surface area contributed by atoms with E-state index in [-0.39, 0.29) is 23.6 Å². The number of piperazine rings is 1. The van der Waals surface area contributed by atoms with Gasteiger partial charge < -0.3 is 15.1 Å². The van der Waals surface area contributed by atoms with Gasteiger partial charge in [0, 0.05) is 50.3 Å². The molecule has 8 nitrogen and oxygen atoms in total. The summed E-state index contributed by atoms with van der Waals surface area (Å²) < 4.78 is 0. The number of nitrogens with one attached hydrogen (secondary N) is 1. The molecule has 1 aromatic carbocycles. The van der Waals surface area contributed by atoms with Crippen molar-refractivity contribution in [2.45, 2.75) is 40.3 Å². The molecule has 1 amide bonds. The fraction of sp³-hybridized carbons (Fsp3) is 0.579. The largest absolute Gasteiger partial charge is 0.354 e. The number of hydrogen-bond donors (Lipinski definition) is 1. The molecule has 0 aliphatic carbocycles. The summed E-state index contributed by atoms with van der Waals surface area (Å²) in [4.78, 5) is 31.3. The van der Waals surface area contributed by atoms with Crippen LogP contribution in [0.4, 0.5) is 5.69 Å². The molecular formula is C19H29N5O3. The number of nitro benzene ring substituents is 1. The Hall–Kier alpha value is -2.64. The number of guanidine groups is 1. The van der Waals surface area contributed by atoms with Crippen LogP contribution in [0.5, 0.6) is 0 Å². The third-order valence-corrected chi connectivity index (χ3v) is 4.36. The topological polar surface area (TPSA) is 91.1 Å². The number of carbonyl (C=O) groups is 1. The predicted octanol–water partition coefficient (Wildman–Crippen LogP) is 2.25. The van der Waals surface area contributed by atoms with Gasteiger partial charge in [-0.3, -0.25) is 14.9 Å². The Kier molecular flexibility index (Phi) is 7.15. The summed E-state index contributed by atoms with van der Waals surface area (Å²) in [5, 5.41) is 14.1. The SMILES string of the molecule is CC(C)NC(=NCc1ccc([N+](=O)[O-])cc1)N1CCN(C(=O)C(C)C)CC1. The van der Waals surface area contributed by atoms with Gasteiger partial charge in [-0.2, -0.15) is 0 Å². The third-order valence-electron chi connectivity index (χ3n) is 4.36. The smallest absolute Gasteiger partial charge is 0.269 e. The fourth-order valence-corrected chi connectivity index (χ4v) is 2.89. The quantitative estimate of drug-likeness (QED) is 0.369. The Morgan fingerprint density at radius 3 is 2.15 bits per heavy atom. The number of nitrogens with zero attached hydrogens (tertiary/aromatic N) is 4. The molecule has 27 heavy (non-hydrogen) atoms. The van der Waals surface area contributed by atoms with Crippen LogP contribution in [0.1, 0.15) is 33.3 Å². The van der Waals surface area contributed by atoms with E-state index in [4.69, 9.17) is 4.99 Å². The molecule has 0 unspecified atom stereocenters. The number of aliphatic imine (C=N–C) groups is 1. The summed E-state index contributed by atoms with van der Waals surface area (Å²) >= 11 is 0. The Morgan fingerprint density at radius 1 is 1.11 bits per heavy atom. The maximum atomic E-state index is 12.2. The summed E-state index contributed by atoms with van der Waals surface area (Å²) in [6, 6.07) is 6.69. The first kappa shape index (κ1) is 20.7. The van der Waals surface area contributed by atoms with Crippen molar-refractivity contribution in [3.05, 3.63) is 39.9 Å². The van der Waals surface area contributed by atoms with Crippen LogP contribution in [-0.2, 0) is 11.3 Å². The molecule has 8 heteroatoms. The summed E-state index contributed by atoms with van der Waals surface area (Å²) in [5.74, 6) is 1.01. The summed E-state index contributed by atoms with van der Waals surface area (Å²) in [6.45, 7) is 11.2. The summed E-state index contributed by atoms with van der Waals surface area (Å²) in [5.41, 5.74) is 0.992. The molecule has 1 aliphatic heterocycles. The molecule has 2 rings (SSSR count). The molecule has 0 spiro atoms. The van der Waals surface area contributed by atoms with Crippen LogP contribution in [0, 0.1) is 16.0 Å². The van der Waals surface area contributed by atoms with Gasteiger partial charge in [0.25, 0.3) is 5.69 Å². The summed E-state index contributed by atoms with van der Waals surface area (Å²) in [6.07, 6.45) is 0. The number of hydrogen-bond acceptors (Lipinski definition) is 4. The molecule has 0 radical (unpaired) electrons. The number of amides is 1. The van der Waals surface area contributed by atoms with Gasteiger partial charge in [0.2, 0.25) is 5.91 Å². The van der Waals surface area contributed by atoms with E-state index in [2.05, 4.69) is 24.1 Å². The van der Waals surface area contributed by atoms with Crippen LogP contribution in [0.3, 0.4) is 0 Å². The van der Waals surface area contributed by atoms with E-state index in [1.165, 1.54) is 12.1 Å². The molecule has 0 aromatic heterocycles. The molecule has 0 saturated carbocycles. The Morgan fingerprint density at radius 2 is 1.67 bits per heavy atom. The zero-order chi connectivity index (χ0) is 20.0. The molecule has 148 valence electrons. The zero-order valence-electron chi connectivity index (χ0n) is 16.5. The number of rotatable bonds is 5. The highest BCUT2D eigenvalue weighted by Crippen LogP contribution is 2.13. The van der Waals surface area contributed by atoms with Gasteiger partial charge >= 0.3 is 0 Å². The minimum absolute atomic E-state index is 0.0145. The van der Waals surface area contributed by atoms with Crippen molar-refractivity contribution in [1.82, 2.24) is 15.1 Å². The van der Waals surface area contributed by atoms with Gasteiger partial charge in [0.15, 0.2) is 5.96 Å². The predicted molar refractivity (Wildman–Crippen MR) is 105 cm³/mol. The van der Waals surface area contributed by atoms with E-state index < -0.39 is 4.92 Å². The average molecular weight is 375 g/mol. The molecule has 0 bridgehead atoms. The number of carbonyl (C=O) groups excluding carboxylic acids is 1. The van der Waals surface area contributed by atoms with Gasteiger partial charge in [-0.25, -0.2) is 4.99 Å². The lowest BCUT2D eigenvalue weighted by Gasteiger charge is -2.37. The second-order valence-electron chi connectivity index (χ2n) is 7.33. The van der Waals surface area contributed by atoms with Crippen molar-refractivity contribution in [3.8, 4) is 0 Å². The molecule has 1 fully saturated rings. The van der Waals surface area contributed by atoms with Crippen LogP contribution in [0.25, 0.3) is 0 Å². The highest BCUT2D eigenvalue weighted by Gasteiger charge is 2.24. The molecule has 1 heterocycles. The fourth-order valence-electron chi connectivity index (χ4n) is 2.89. The first-order chi connectivity index (χ1) is 12.8. The van der Waals surface area contributed by atoms with E-state index in [0.717, 1.165) is 24.6 Å². The first-order valence-electron chi connectivity index (χ1n) is 9.36. The number of non-ortho nitro benzene ring substituents is 1. The van der Waals surface area contributed by atoms with Crippen molar-refractivity contribution in [2.75, 3.05) is 26.2 Å². The van der Waals surface area contributed by atoms with E-state index in [0.29, 0.717) is 19.6 Å².